The molecule has 4 N–H and O–H groups in total. The predicted molar refractivity (Wildman–Crippen MR) is 182 cm³/mol. The largest absolute Gasteiger partial charge is 0.334 e. The summed E-state index contributed by atoms with van der Waals surface area (Å²) in [5.41, 5.74) is 7.01. The van der Waals surface area contributed by atoms with Crippen molar-refractivity contribution in [2.24, 2.45) is 13.5 Å². The van der Waals surface area contributed by atoms with E-state index in [1.54, 1.807) is 0 Å². The number of rotatable bonds is 0. The molecule has 0 saturated carbocycles. The Morgan fingerprint density at radius 1 is 0.405 bits per heavy atom. The van der Waals surface area contributed by atoms with Crippen LogP contribution in [0.25, 0.3) is 32.3 Å². The number of benzene rings is 6. The summed E-state index contributed by atoms with van der Waals surface area (Å²) >= 11 is 0. The Morgan fingerprint density at radius 2 is 0.786 bits per heavy atom. The molecule has 6 aromatic rings. The molecule has 0 aromatic heterocycles. The minimum atomic E-state index is -2.57. The third-order valence-corrected chi connectivity index (χ3v) is 19.3. The average molecular weight is 602 g/mol. The van der Waals surface area contributed by atoms with Gasteiger partial charge in [0, 0.05) is 23.7 Å². The Hall–Kier alpha value is -4.01. The molecule has 204 valence electrons. The molecule has 0 fully saturated rings. The van der Waals surface area contributed by atoms with Crippen molar-refractivity contribution in [2.45, 2.75) is 12.3 Å². The molecule has 2 atom stereocenters. The molecule has 4 heterocycles. The molecule has 4 aliphatic rings. The highest BCUT2D eigenvalue weighted by Crippen LogP contribution is 2.82. The lowest BCUT2D eigenvalue weighted by Crippen LogP contribution is -2.03. The van der Waals surface area contributed by atoms with Crippen molar-refractivity contribution in [3.05, 3.63) is 120 Å². The van der Waals surface area contributed by atoms with Crippen LogP contribution in [0.5, 0.6) is 0 Å². The van der Waals surface area contributed by atoms with Gasteiger partial charge in [-0.3, -0.25) is 0 Å². The molecule has 0 radical (unpaired) electrons. The second-order valence-corrected chi connectivity index (χ2v) is 19.3. The Bertz CT molecular complexity index is 1950. The molecule has 0 bridgehead atoms. The lowest BCUT2D eigenvalue weighted by molar-refractivity contribution is 1.41. The third kappa shape index (κ3) is 3.45. The van der Waals surface area contributed by atoms with Crippen LogP contribution in [0.15, 0.2) is 123 Å². The molecule has 0 saturated heterocycles. The summed E-state index contributed by atoms with van der Waals surface area (Å²) < 4.78 is 17.0. The number of fused-ring (bicyclic) bond motifs is 6. The second-order valence-electron chi connectivity index (χ2n) is 11.6. The van der Waals surface area contributed by atoms with E-state index >= 15 is 0 Å². The number of nitrogens with one attached hydrogen (secondary N) is 4. The first-order valence-electron chi connectivity index (χ1n) is 14.1. The SMILES string of the molecule is c1ccc2cc3c(cc2c1)CP1(=NP2(=NP4(=N1)Nc1cc5ccccc5cc1N4)Cc1cc4ccccc4cc1N2)N3. The van der Waals surface area contributed by atoms with Gasteiger partial charge in [0.1, 0.15) is 0 Å². The molecule has 6 aromatic carbocycles. The summed E-state index contributed by atoms with van der Waals surface area (Å²) in [5, 5.41) is 22.9. The fraction of sp³-hybridized carbons (Fsp3) is 0.0625. The zero-order chi connectivity index (χ0) is 27.5. The summed E-state index contributed by atoms with van der Waals surface area (Å²) in [6.07, 6.45) is 1.60. The Labute approximate surface area is 243 Å². The van der Waals surface area contributed by atoms with E-state index in [1.807, 2.05) is 0 Å². The first-order chi connectivity index (χ1) is 20.5. The number of anilines is 4. The number of hydrogen-bond acceptors (Lipinski definition) is 7. The summed E-state index contributed by atoms with van der Waals surface area (Å²) in [6, 6.07) is 39.3. The van der Waals surface area contributed by atoms with E-state index in [9.17, 15) is 0 Å². The van der Waals surface area contributed by atoms with Crippen molar-refractivity contribution in [1.82, 2.24) is 0 Å². The summed E-state index contributed by atoms with van der Waals surface area (Å²) in [6.45, 7) is 0. The fourth-order valence-corrected chi connectivity index (χ4v) is 19.9. The Balaban J connectivity index is 1.18. The van der Waals surface area contributed by atoms with Crippen LogP contribution in [0.1, 0.15) is 11.1 Å². The quantitative estimate of drug-likeness (QED) is 0.131. The van der Waals surface area contributed by atoms with Gasteiger partial charge in [-0.25, -0.2) is 4.52 Å². The van der Waals surface area contributed by atoms with E-state index < -0.39 is 22.2 Å². The highest BCUT2D eigenvalue weighted by atomic mass is 31.3. The van der Waals surface area contributed by atoms with Gasteiger partial charge in [0.25, 0.3) is 7.51 Å². The van der Waals surface area contributed by atoms with Crippen LogP contribution in [0.2, 0.25) is 0 Å². The molecule has 4 aliphatic heterocycles. The molecule has 2 unspecified atom stereocenters. The Morgan fingerprint density at radius 3 is 1.24 bits per heavy atom. The molecule has 10 heteroatoms. The van der Waals surface area contributed by atoms with E-state index in [1.165, 1.54) is 43.4 Å². The monoisotopic (exact) mass is 601 g/mol. The van der Waals surface area contributed by atoms with Crippen molar-refractivity contribution < 1.29 is 0 Å². The van der Waals surface area contributed by atoms with E-state index in [0.717, 1.165) is 35.1 Å². The minimum absolute atomic E-state index is 0.799. The van der Waals surface area contributed by atoms with Gasteiger partial charge in [0.05, 0.1) is 11.4 Å². The smallest absolute Gasteiger partial charge is 0.265 e. The van der Waals surface area contributed by atoms with E-state index in [2.05, 4.69) is 130 Å². The zero-order valence-corrected chi connectivity index (χ0v) is 25.2. The molecule has 10 rings (SSSR count). The van der Waals surface area contributed by atoms with E-state index in [4.69, 9.17) is 13.5 Å². The van der Waals surface area contributed by atoms with Crippen LogP contribution in [0, 0.1) is 0 Å². The first kappa shape index (κ1) is 23.5. The molecule has 7 nitrogen and oxygen atoms in total. The summed E-state index contributed by atoms with van der Waals surface area (Å²) in [5.74, 6) is 0. The van der Waals surface area contributed by atoms with E-state index in [0.29, 0.717) is 0 Å². The standard InChI is InChI=1S/C32H26N7P3/c1-3-9-23-15-29-27(13-21(23)7-1)19-40(33-29)37-41(20-28-14-22-8-2-4-10-24(22)16-30(28)34-41)39-42(38-40)35-31-17-25-11-5-6-12-26(25)18-32(31)36-42/h1-18,33-36H,19-20H2. The molecular formula is C32H26N7P3. The highest BCUT2D eigenvalue weighted by Gasteiger charge is 2.45. The maximum Gasteiger partial charge on any atom is 0.265 e. The lowest BCUT2D eigenvalue weighted by atomic mass is 10.1. The normalized spacial score (nSPS) is 23.8. The van der Waals surface area contributed by atoms with Gasteiger partial charge in [-0.15, -0.1) is 0 Å². The summed E-state index contributed by atoms with van der Waals surface area (Å²) in [7, 11) is -7.35. The second kappa shape index (κ2) is 8.08. The minimum Gasteiger partial charge on any atom is -0.334 e. The van der Waals surface area contributed by atoms with Gasteiger partial charge in [0.15, 0.2) is 14.7 Å². The van der Waals surface area contributed by atoms with Gasteiger partial charge in [-0.05, 0) is 79.8 Å². The highest BCUT2D eigenvalue weighted by molar-refractivity contribution is 7.89. The Kier molecular flexibility index (Phi) is 4.53. The van der Waals surface area contributed by atoms with Crippen molar-refractivity contribution >= 4 is 77.3 Å². The van der Waals surface area contributed by atoms with Crippen molar-refractivity contribution in [2.75, 3.05) is 20.3 Å². The maximum absolute atomic E-state index is 5.71. The van der Waals surface area contributed by atoms with Crippen LogP contribution in [0.3, 0.4) is 0 Å². The van der Waals surface area contributed by atoms with Crippen LogP contribution in [-0.2, 0) is 12.3 Å². The van der Waals surface area contributed by atoms with Gasteiger partial charge < -0.3 is 20.3 Å². The molecule has 0 aliphatic carbocycles. The molecule has 42 heavy (non-hydrogen) atoms. The molecule has 3 spiro atoms. The topological polar surface area (TPSA) is 85.2 Å². The number of nitrogens with zero attached hydrogens (tertiary/aromatic N) is 3. The van der Waals surface area contributed by atoms with Crippen LogP contribution in [0.4, 0.5) is 22.7 Å². The molecular weight excluding hydrogens is 575 g/mol. The third-order valence-electron chi connectivity index (χ3n) is 8.61. The van der Waals surface area contributed by atoms with Crippen LogP contribution < -0.4 is 20.3 Å². The van der Waals surface area contributed by atoms with Crippen molar-refractivity contribution in [3.63, 3.8) is 0 Å². The molecule has 0 amide bonds. The predicted octanol–water partition coefficient (Wildman–Crippen LogP) is 11.3. The first-order valence-corrected chi connectivity index (χ1v) is 19.6. The maximum atomic E-state index is 5.71. The number of hydrogen-bond donors (Lipinski definition) is 4. The zero-order valence-electron chi connectivity index (χ0n) is 22.5. The summed E-state index contributed by atoms with van der Waals surface area (Å²) in [4.78, 5) is 0. The fourth-order valence-electron chi connectivity index (χ4n) is 6.81. The van der Waals surface area contributed by atoms with Crippen molar-refractivity contribution in [3.8, 4) is 0 Å². The van der Waals surface area contributed by atoms with Gasteiger partial charge >= 0.3 is 0 Å². The lowest BCUT2D eigenvalue weighted by Gasteiger charge is -2.31. The van der Waals surface area contributed by atoms with Crippen molar-refractivity contribution in [1.29, 1.82) is 0 Å². The van der Waals surface area contributed by atoms with Crippen LogP contribution in [-0.4, -0.2) is 0 Å². The average Bonchev–Trinajstić information content (AvgIpc) is 3.60. The van der Waals surface area contributed by atoms with E-state index in [-0.39, 0.29) is 0 Å². The van der Waals surface area contributed by atoms with Gasteiger partial charge in [-0.1, -0.05) is 72.8 Å². The van der Waals surface area contributed by atoms with Crippen LogP contribution >= 0.6 is 22.2 Å². The van der Waals surface area contributed by atoms with Gasteiger partial charge in [0.2, 0.25) is 0 Å². The van der Waals surface area contributed by atoms with Gasteiger partial charge in [-0.2, -0.15) is 9.03 Å².